The van der Waals surface area contributed by atoms with E-state index < -0.39 is 5.54 Å². The number of aromatic nitrogens is 2. The van der Waals surface area contributed by atoms with E-state index >= 15 is 0 Å². The van der Waals surface area contributed by atoms with Gasteiger partial charge in [-0.25, -0.2) is 9.97 Å². The average Bonchev–Trinajstić information content (AvgIpc) is 3.34. The van der Waals surface area contributed by atoms with Crippen LogP contribution in [-0.4, -0.2) is 52.3 Å². The first-order valence-electron chi connectivity index (χ1n) is 11.0. The van der Waals surface area contributed by atoms with Crippen molar-refractivity contribution in [2.45, 2.75) is 44.2 Å². The second-order valence-electron chi connectivity index (χ2n) is 9.03. The predicted molar refractivity (Wildman–Crippen MR) is 127 cm³/mol. The minimum atomic E-state index is -0.546. The highest BCUT2D eigenvalue weighted by molar-refractivity contribution is 7.21. The van der Waals surface area contributed by atoms with Gasteiger partial charge < -0.3 is 26.8 Å². The number of anilines is 2. The highest BCUT2D eigenvalue weighted by Crippen LogP contribution is 2.33. The molecule has 0 spiro atoms. The SMILES string of the molecule is Cc1ccc2c(N)c(C(=O)N[C@H]3CCc4nc(N5CC[C@](N)(CO)C5)ccc4C3)sc2n1. The van der Waals surface area contributed by atoms with Crippen LogP contribution in [0.2, 0.25) is 0 Å². The van der Waals surface area contributed by atoms with Crippen LogP contribution in [0, 0.1) is 6.92 Å². The van der Waals surface area contributed by atoms with Crippen LogP contribution in [0.1, 0.15) is 39.5 Å². The lowest BCUT2D eigenvalue weighted by molar-refractivity contribution is 0.0938. The molecular formula is C23H28N6O2S. The molecule has 1 aliphatic heterocycles. The third-order valence-corrected chi connectivity index (χ3v) is 7.66. The van der Waals surface area contributed by atoms with E-state index in [-0.39, 0.29) is 18.6 Å². The maximum Gasteiger partial charge on any atom is 0.263 e. The summed E-state index contributed by atoms with van der Waals surface area (Å²) in [6.45, 7) is 3.32. The quantitative estimate of drug-likeness (QED) is 0.474. The third-order valence-electron chi connectivity index (χ3n) is 6.55. The van der Waals surface area contributed by atoms with Gasteiger partial charge in [0.1, 0.15) is 15.5 Å². The fraction of sp³-hybridized carbons (Fsp3) is 0.435. The summed E-state index contributed by atoms with van der Waals surface area (Å²) < 4.78 is 0. The minimum absolute atomic E-state index is 0.0181. The number of nitrogens with two attached hydrogens (primary N) is 2. The Morgan fingerprint density at radius 3 is 2.97 bits per heavy atom. The largest absolute Gasteiger partial charge is 0.397 e. The molecule has 32 heavy (non-hydrogen) atoms. The zero-order chi connectivity index (χ0) is 22.5. The van der Waals surface area contributed by atoms with Gasteiger partial charge in [0.15, 0.2) is 0 Å². The van der Waals surface area contributed by atoms with Crippen molar-refractivity contribution >= 4 is 39.0 Å². The Morgan fingerprint density at radius 2 is 2.19 bits per heavy atom. The first-order valence-corrected chi connectivity index (χ1v) is 11.8. The number of aliphatic hydroxyl groups is 1. The number of nitrogen functional groups attached to an aromatic ring is 1. The van der Waals surface area contributed by atoms with Crippen molar-refractivity contribution in [3.8, 4) is 0 Å². The Balaban J connectivity index is 1.28. The molecule has 2 aliphatic rings. The second kappa shape index (κ2) is 7.99. The zero-order valence-electron chi connectivity index (χ0n) is 18.1. The third kappa shape index (κ3) is 3.80. The normalized spacial score (nSPS) is 22.8. The molecule has 1 aliphatic carbocycles. The summed E-state index contributed by atoms with van der Waals surface area (Å²) in [5.41, 5.74) is 15.6. The van der Waals surface area contributed by atoms with E-state index in [9.17, 15) is 9.90 Å². The van der Waals surface area contributed by atoms with Gasteiger partial charge in [-0.15, -0.1) is 11.3 Å². The number of thiophene rings is 1. The molecule has 0 bridgehead atoms. The Hall–Kier alpha value is -2.75. The lowest BCUT2D eigenvalue weighted by atomic mass is 9.91. The number of carbonyl (C=O) groups is 1. The molecule has 4 heterocycles. The number of pyridine rings is 2. The molecule has 3 aromatic heterocycles. The topological polar surface area (TPSA) is 130 Å². The molecule has 2 atom stereocenters. The summed E-state index contributed by atoms with van der Waals surface area (Å²) in [7, 11) is 0. The number of hydrogen-bond donors (Lipinski definition) is 4. The molecular weight excluding hydrogens is 424 g/mol. The van der Waals surface area contributed by atoms with Gasteiger partial charge in [0.05, 0.1) is 17.8 Å². The Bertz CT molecular complexity index is 1190. The number of rotatable bonds is 4. The Kier molecular flexibility index (Phi) is 5.27. The summed E-state index contributed by atoms with van der Waals surface area (Å²) in [4.78, 5) is 25.8. The molecule has 8 nitrogen and oxygen atoms in total. The monoisotopic (exact) mass is 452 g/mol. The molecule has 1 saturated heterocycles. The molecule has 0 radical (unpaired) electrons. The van der Waals surface area contributed by atoms with E-state index in [1.165, 1.54) is 11.3 Å². The number of carbonyl (C=O) groups excluding carboxylic acids is 1. The molecule has 0 saturated carbocycles. The molecule has 0 aromatic carbocycles. The Labute approximate surface area is 190 Å². The maximum atomic E-state index is 13.0. The highest BCUT2D eigenvalue weighted by atomic mass is 32.1. The van der Waals surface area contributed by atoms with Gasteiger partial charge >= 0.3 is 0 Å². The molecule has 1 amide bonds. The fourth-order valence-corrected chi connectivity index (χ4v) is 5.67. The van der Waals surface area contributed by atoms with Gasteiger partial charge in [-0.05, 0) is 56.4 Å². The van der Waals surface area contributed by atoms with Crippen molar-refractivity contribution in [3.63, 3.8) is 0 Å². The lowest BCUT2D eigenvalue weighted by Gasteiger charge is -2.27. The molecule has 168 valence electrons. The van der Waals surface area contributed by atoms with Crippen LogP contribution >= 0.6 is 11.3 Å². The molecule has 6 N–H and O–H groups in total. The number of amides is 1. The number of nitrogens with zero attached hydrogens (tertiary/aromatic N) is 3. The van der Waals surface area contributed by atoms with Gasteiger partial charge in [-0.1, -0.05) is 6.07 Å². The maximum absolute atomic E-state index is 13.0. The van der Waals surface area contributed by atoms with Crippen LogP contribution in [0.15, 0.2) is 24.3 Å². The van der Waals surface area contributed by atoms with Crippen LogP contribution in [-0.2, 0) is 12.8 Å². The highest BCUT2D eigenvalue weighted by Gasteiger charge is 2.35. The summed E-state index contributed by atoms with van der Waals surface area (Å²) >= 11 is 1.34. The van der Waals surface area contributed by atoms with E-state index in [0.29, 0.717) is 17.1 Å². The van der Waals surface area contributed by atoms with E-state index in [1.54, 1.807) is 0 Å². The van der Waals surface area contributed by atoms with Crippen LogP contribution < -0.4 is 21.7 Å². The number of fused-ring (bicyclic) bond motifs is 2. The summed E-state index contributed by atoms with van der Waals surface area (Å²) in [5, 5.41) is 13.5. The number of hydrogen-bond acceptors (Lipinski definition) is 8. The van der Waals surface area contributed by atoms with Gasteiger partial charge in [-0.2, -0.15) is 0 Å². The van der Waals surface area contributed by atoms with Crippen molar-refractivity contribution in [3.05, 3.63) is 46.1 Å². The number of aliphatic hydroxyl groups excluding tert-OH is 1. The second-order valence-corrected chi connectivity index (χ2v) is 10.0. The first kappa shape index (κ1) is 21.1. The first-order chi connectivity index (χ1) is 15.3. The van der Waals surface area contributed by atoms with Gasteiger partial charge in [-0.3, -0.25) is 4.79 Å². The van der Waals surface area contributed by atoms with Crippen molar-refractivity contribution < 1.29 is 9.90 Å². The molecule has 1 fully saturated rings. The van der Waals surface area contributed by atoms with Crippen molar-refractivity contribution in [2.75, 3.05) is 30.3 Å². The van der Waals surface area contributed by atoms with Crippen LogP contribution in [0.3, 0.4) is 0 Å². The van der Waals surface area contributed by atoms with Crippen molar-refractivity contribution in [1.29, 1.82) is 0 Å². The standard InChI is InChI=1S/C23H28N6O2S/c1-13-2-5-16-19(24)20(32-22(16)26-13)21(31)27-15-4-6-17-14(10-15)3-7-18(28-17)29-9-8-23(25,11-29)12-30/h2-3,5,7,15,30H,4,6,8-12,24-25H2,1H3,(H,27,31)/t15-,23+/m0/s1. The van der Waals surface area contributed by atoms with Gasteiger partial charge in [0, 0.05) is 35.9 Å². The fourth-order valence-electron chi connectivity index (χ4n) is 4.63. The van der Waals surface area contributed by atoms with Gasteiger partial charge in [0.25, 0.3) is 5.91 Å². The summed E-state index contributed by atoms with van der Waals surface area (Å²) in [6, 6.07) is 8.00. The van der Waals surface area contributed by atoms with E-state index in [4.69, 9.17) is 16.5 Å². The van der Waals surface area contributed by atoms with Crippen molar-refractivity contribution in [1.82, 2.24) is 15.3 Å². The van der Waals surface area contributed by atoms with E-state index in [2.05, 4.69) is 21.3 Å². The summed E-state index contributed by atoms with van der Waals surface area (Å²) in [5.74, 6) is 0.773. The van der Waals surface area contributed by atoms with Crippen molar-refractivity contribution in [2.24, 2.45) is 5.73 Å². The van der Waals surface area contributed by atoms with E-state index in [0.717, 1.165) is 65.2 Å². The summed E-state index contributed by atoms with van der Waals surface area (Å²) in [6.07, 6.45) is 3.13. The van der Waals surface area contributed by atoms with Crippen LogP contribution in [0.4, 0.5) is 11.5 Å². The number of nitrogens with one attached hydrogen (secondary N) is 1. The predicted octanol–water partition coefficient (Wildman–Crippen LogP) is 1.77. The average molecular weight is 453 g/mol. The lowest BCUT2D eigenvalue weighted by Crippen LogP contribution is -2.46. The number of aryl methyl sites for hydroxylation is 2. The zero-order valence-corrected chi connectivity index (χ0v) is 18.9. The van der Waals surface area contributed by atoms with Gasteiger partial charge in [0.2, 0.25) is 0 Å². The molecule has 3 aromatic rings. The van der Waals surface area contributed by atoms with Crippen LogP contribution in [0.25, 0.3) is 10.2 Å². The minimum Gasteiger partial charge on any atom is -0.397 e. The van der Waals surface area contributed by atoms with Crippen LogP contribution in [0.5, 0.6) is 0 Å². The Morgan fingerprint density at radius 1 is 1.34 bits per heavy atom. The smallest absolute Gasteiger partial charge is 0.263 e. The molecule has 5 rings (SSSR count). The molecule has 9 heteroatoms. The van der Waals surface area contributed by atoms with E-state index in [1.807, 2.05) is 25.1 Å². The molecule has 0 unspecified atom stereocenters.